The van der Waals surface area contributed by atoms with Crippen LogP contribution in [-0.4, -0.2) is 45.6 Å². The van der Waals surface area contributed by atoms with E-state index in [0.717, 1.165) is 31.7 Å². The number of rotatable bonds is 3. The summed E-state index contributed by atoms with van der Waals surface area (Å²) in [5, 5.41) is 3.46. The number of hydrogen-bond acceptors (Lipinski definition) is 4. The van der Waals surface area contributed by atoms with Crippen LogP contribution in [0, 0.1) is 0 Å². The quantitative estimate of drug-likeness (QED) is 0.920. The van der Waals surface area contributed by atoms with Crippen molar-refractivity contribution in [1.82, 2.24) is 24.8 Å². The number of pyridine rings is 1. The van der Waals surface area contributed by atoms with Crippen LogP contribution >= 0.6 is 0 Å². The van der Waals surface area contributed by atoms with Crippen molar-refractivity contribution < 1.29 is 0 Å². The zero-order valence-corrected chi connectivity index (χ0v) is 11.8. The lowest BCUT2D eigenvalue weighted by molar-refractivity contribution is 0.273. The average Bonchev–Trinajstić information content (AvgIpc) is 3.26. The van der Waals surface area contributed by atoms with E-state index in [0.29, 0.717) is 6.04 Å². The number of nitrogens with zero attached hydrogens (tertiary/aromatic N) is 4. The van der Waals surface area contributed by atoms with Crippen molar-refractivity contribution in [1.29, 1.82) is 0 Å². The van der Waals surface area contributed by atoms with E-state index in [2.05, 4.69) is 25.8 Å². The summed E-state index contributed by atoms with van der Waals surface area (Å²) in [6, 6.07) is 2.77. The predicted molar refractivity (Wildman–Crippen MR) is 78.6 cm³/mol. The molecule has 106 valence electrons. The van der Waals surface area contributed by atoms with Gasteiger partial charge in [-0.15, -0.1) is 0 Å². The smallest absolute Gasteiger partial charge is 0.124 e. The Hall–Kier alpha value is -1.46. The van der Waals surface area contributed by atoms with Crippen molar-refractivity contribution in [3.63, 3.8) is 0 Å². The van der Waals surface area contributed by atoms with Crippen LogP contribution in [0.2, 0.25) is 0 Å². The highest BCUT2D eigenvalue weighted by Crippen LogP contribution is 2.38. The van der Waals surface area contributed by atoms with Crippen molar-refractivity contribution >= 4 is 11.0 Å². The SMILES string of the molecule is c1cc2c(cn1)nc(CN1CCCNCC1)n2C1CC1. The van der Waals surface area contributed by atoms with Crippen LogP contribution in [0.1, 0.15) is 31.1 Å². The molecule has 1 saturated heterocycles. The molecule has 20 heavy (non-hydrogen) atoms. The minimum absolute atomic E-state index is 0.669. The summed E-state index contributed by atoms with van der Waals surface area (Å²) in [7, 11) is 0. The number of imidazole rings is 1. The minimum atomic E-state index is 0.669. The third-order valence-corrected chi connectivity index (χ3v) is 4.27. The molecule has 0 radical (unpaired) electrons. The summed E-state index contributed by atoms with van der Waals surface area (Å²) in [4.78, 5) is 11.6. The molecule has 2 fully saturated rings. The van der Waals surface area contributed by atoms with Crippen LogP contribution in [0.3, 0.4) is 0 Å². The van der Waals surface area contributed by atoms with Gasteiger partial charge in [0.25, 0.3) is 0 Å². The van der Waals surface area contributed by atoms with Crippen molar-refractivity contribution in [3.05, 3.63) is 24.3 Å². The van der Waals surface area contributed by atoms with Gasteiger partial charge in [-0.2, -0.15) is 0 Å². The van der Waals surface area contributed by atoms with Gasteiger partial charge in [0.05, 0.1) is 18.3 Å². The monoisotopic (exact) mass is 271 g/mol. The Labute approximate surface area is 119 Å². The predicted octanol–water partition coefficient (Wildman–Crippen LogP) is 1.56. The molecule has 0 unspecified atom stereocenters. The van der Waals surface area contributed by atoms with Gasteiger partial charge < -0.3 is 9.88 Å². The van der Waals surface area contributed by atoms with Crippen LogP contribution < -0.4 is 5.32 Å². The summed E-state index contributed by atoms with van der Waals surface area (Å²) in [5.74, 6) is 1.22. The zero-order valence-electron chi connectivity index (χ0n) is 11.8. The number of hydrogen-bond donors (Lipinski definition) is 1. The summed E-state index contributed by atoms with van der Waals surface area (Å²) in [6.07, 6.45) is 7.58. The molecule has 5 nitrogen and oxygen atoms in total. The molecule has 2 aromatic heterocycles. The highest BCUT2D eigenvalue weighted by Gasteiger charge is 2.28. The lowest BCUT2D eigenvalue weighted by Gasteiger charge is -2.19. The van der Waals surface area contributed by atoms with Crippen LogP contribution in [0.5, 0.6) is 0 Å². The van der Waals surface area contributed by atoms with Crippen LogP contribution in [0.4, 0.5) is 0 Å². The van der Waals surface area contributed by atoms with E-state index >= 15 is 0 Å². The Kier molecular flexibility index (Phi) is 3.16. The van der Waals surface area contributed by atoms with Gasteiger partial charge in [-0.3, -0.25) is 9.88 Å². The number of nitrogens with one attached hydrogen (secondary N) is 1. The molecule has 1 N–H and O–H groups in total. The summed E-state index contributed by atoms with van der Waals surface area (Å²) in [5.41, 5.74) is 2.30. The maximum absolute atomic E-state index is 4.84. The molecule has 4 rings (SSSR count). The van der Waals surface area contributed by atoms with E-state index in [1.807, 2.05) is 12.4 Å². The molecule has 3 heterocycles. The molecular formula is C15H21N5. The fraction of sp³-hybridized carbons (Fsp3) is 0.600. The molecule has 1 aliphatic carbocycles. The Bertz CT molecular complexity index is 593. The fourth-order valence-corrected chi connectivity index (χ4v) is 3.11. The molecule has 0 bridgehead atoms. The van der Waals surface area contributed by atoms with Crippen molar-refractivity contribution in [2.24, 2.45) is 0 Å². The van der Waals surface area contributed by atoms with Crippen LogP contribution in [0.15, 0.2) is 18.5 Å². The first kappa shape index (κ1) is 12.3. The van der Waals surface area contributed by atoms with E-state index in [4.69, 9.17) is 4.98 Å². The third kappa shape index (κ3) is 2.31. The second-order valence-electron chi connectivity index (χ2n) is 5.87. The first-order valence-electron chi connectivity index (χ1n) is 7.66. The van der Waals surface area contributed by atoms with Gasteiger partial charge in [0.2, 0.25) is 0 Å². The van der Waals surface area contributed by atoms with E-state index < -0.39 is 0 Å². The summed E-state index contributed by atoms with van der Waals surface area (Å²) < 4.78 is 2.45. The van der Waals surface area contributed by atoms with Crippen molar-refractivity contribution in [2.45, 2.75) is 31.8 Å². The largest absolute Gasteiger partial charge is 0.324 e. The van der Waals surface area contributed by atoms with E-state index in [-0.39, 0.29) is 0 Å². The molecule has 1 aliphatic heterocycles. The average molecular weight is 271 g/mol. The molecular weight excluding hydrogens is 250 g/mol. The molecule has 2 aliphatic rings. The topological polar surface area (TPSA) is 46.0 Å². The highest BCUT2D eigenvalue weighted by atomic mass is 15.2. The molecule has 2 aromatic rings. The van der Waals surface area contributed by atoms with Gasteiger partial charge in [0, 0.05) is 25.3 Å². The van der Waals surface area contributed by atoms with Gasteiger partial charge in [-0.25, -0.2) is 4.98 Å². The maximum Gasteiger partial charge on any atom is 0.124 e. The normalized spacial score (nSPS) is 21.2. The van der Waals surface area contributed by atoms with Gasteiger partial charge in [0.1, 0.15) is 11.3 Å². The minimum Gasteiger partial charge on any atom is -0.324 e. The second kappa shape index (κ2) is 5.14. The van der Waals surface area contributed by atoms with Gasteiger partial charge in [-0.1, -0.05) is 0 Å². The third-order valence-electron chi connectivity index (χ3n) is 4.27. The molecule has 1 saturated carbocycles. The van der Waals surface area contributed by atoms with Crippen molar-refractivity contribution in [2.75, 3.05) is 26.2 Å². The molecule has 5 heteroatoms. The van der Waals surface area contributed by atoms with E-state index in [1.54, 1.807) is 0 Å². The Balaban J connectivity index is 1.66. The first-order chi connectivity index (χ1) is 9.92. The first-order valence-corrected chi connectivity index (χ1v) is 7.66. The molecule has 0 spiro atoms. The van der Waals surface area contributed by atoms with Crippen LogP contribution in [0.25, 0.3) is 11.0 Å². The highest BCUT2D eigenvalue weighted by molar-refractivity contribution is 5.75. The molecule has 0 aromatic carbocycles. The molecule has 0 atom stereocenters. The second-order valence-corrected chi connectivity index (χ2v) is 5.87. The van der Waals surface area contributed by atoms with Gasteiger partial charge in [-0.05, 0) is 38.4 Å². The Morgan fingerprint density at radius 2 is 2.20 bits per heavy atom. The fourth-order valence-electron chi connectivity index (χ4n) is 3.11. The van der Waals surface area contributed by atoms with Gasteiger partial charge in [0.15, 0.2) is 0 Å². The lowest BCUT2D eigenvalue weighted by atomic mass is 10.3. The van der Waals surface area contributed by atoms with Crippen LogP contribution in [-0.2, 0) is 6.54 Å². The molecule has 0 amide bonds. The van der Waals surface area contributed by atoms with E-state index in [1.165, 1.54) is 37.1 Å². The maximum atomic E-state index is 4.84. The van der Waals surface area contributed by atoms with Crippen molar-refractivity contribution in [3.8, 4) is 0 Å². The summed E-state index contributed by atoms with van der Waals surface area (Å²) in [6.45, 7) is 5.47. The number of fused-ring (bicyclic) bond motifs is 1. The Morgan fingerprint density at radius 1 is 1.25 bits per heavy atom. The summed E-state index contributed by atoms with van der Waals surface area (Å²) >= 11 is 0. The standard InChI is InChI=1S/C15H21N5/c1-5-16-7-9-19(8-1)11-15-18-13-10-17-6-4-14(13)20(15)12-2-3-12/h4,6,10,12,16H,1-3,5,7-9,11H2. The van der Waals surface area contributed by atoms with E-state index in [9.17, 15) is 0 Å². The zero-order chi connectivity index (χ0) is 13.4. The Morgan fingerprint density at radius 3 is 3.10 bits per heavy atom. The number of aromatic nitrogens is 3. The van der Waals surface area contributed by atoms with Gasteiger partial charge >= 0.3 is 0 Å². The lowest BCUT2D eigenvalue weighted by Crippen LogP contribution is -2.29.